The van der Waals surface area contributed by atoms with Gasteiger partial charge in [-0.25, -0.2) is 0 Å². The van der Waals surface area contributed by atoms with Gasteiger partial charge in [-0.2, -0.15) is 0 Å². The first-order valence-corrected chi connectivity index (χ1v) is 13.9. The summed E-state index contributed by atoms with van der Waals surface area (Å²) in [5.41, 5.74) is 2.39. The van der Waals surface area contributed by atoms with E-state index < -0.39 is 17.5 Å². The Morgan fingerprint density at radius 3 is 2.32 bits per heavy atom. The lowest BCUT2D eigenvalue weighted by molar-refractivity contribution is 0.0174. The van der Waals surface area contributed by atoms with Crippen molar-refractivity contribution in [2.24, 2.45) is 4.99 Å². The highest BCUT2D eigenvalue weighted by Gasteiger charge is 2.41. The van der Waals surface area contributed by atoms with Crippen LogP contribution in [0.25, 0.3) is 0 Å². The van der Waals surface area contributed by atoms with Crippen molar-refractivity contribution >= 4 is 23.7 Å². The molecule has 0 amide bonds. The number of benzene rings is 4. The molecule has 1 aliphatic heterocycles. The predicted molar refractivity (Wildman–Crippen MR) is 158 cm³/mol. The summed E-state index contributed by atoms with van der Waals surface area (Å²) < 4.78 is 6.01. The highest BCUT2D eigenvalue weighted by molar-refractivity contribution is 7.99. The molecular weight excluding hydrogens is 542 g/mol. The Bertz CT molecular complexity index is 1630. The summed E-state index contributed by atoms with van der Waals surface area (Å²) in [5, 5.41) is 62.4. The zero-order valence-electron chi connectivity index (χ0n) is 22.7. The molecule has 0 spiro atoms. The van der Waals surface area contributed by atoms with Crippen molar-refractivity contribution in [3.63, 3.8) is 0 Å². The van der Waals surface area contributed by atoms with Crippen LogP contribution in [0.2, 0.25) is 0 Å². The normalized spacial score (nSPS) is 18.7. The van der Waals surface area contributed by atoms with Gasteiger partial charge < -0.3 is 35.4 Å². The lowest BCUT2D eigenvalue weighted by Gasteiger charge is -2.37. The van der Waals surface area contributed by atoms with Crippen LogP contribution in [0.1, 0.15) is 54.4 Å². The number of fused-ring (bicyclic) bond motifs is 1. The quantitative estimate of drug-likeness (QED) is 0.116. The summed E-state index contributed by atoms with van der Waals surface area (Å²) >= 11 is 1.25. The van der Waals surface area contributed by atoms with Crippen LogP contribution in [0.4, 0.5) is 5.69 Å². The number of thioether (sulfide) groups is 1. The second-order valence-corrected chi connectivity index (χ2v) is 12.1. The topological polar surface area (TPSA) is 143 Å². The first-order chi connectivity index (χ1) is 19.4. The standard InChI is InChI=1S/C32H31NO7S/c1-32(2,3)20-8-6-7-18(28(20)38)16-33-21-9-4-5-10-26(21)41-31-27-24(37)14-19(34)15-25(27)40-30(29(31)39)17-11-12-22(35)23(36)13-17/h4-16,29-31,34-39H,1-3H3/b33-16+/t29-,30+,31-/m0/s1. The first kappa shape index (κ1) is 28.2. The summed E-state index contributed by atoms with van der Waals surface area (Å²) in [6.45, 7) is 6.07. The average Bonchev–Trinajstić information content (AvgIpc) is 2.91. The highest BCUT2D eigenvalue weighted by atomic mass is 32.2. The smallest absolute Gasteiger partial charge is 0.157 e. The maximum Gasteiger partial charge on any atom is 0.157 e. The molecule has 6 N–H and O–H groups in total. The molecule has 0 saturated heterocycles. The summed E-state index contributed by atoms with van der Waals surface area (Å²) in [6, 6.07) is 19.5. The van der Waals surface area contributed by atoms with Gasteiger partial charge in [0, 0.05) is 28.8 Å². The number of aliphatic hydroxyl groups is 1. The van der Waals surface area contributed by atoms with E-state index >= 15 is 0 Å². The Hall–Kier alpha value is -4.34. The number of aliphatic imine (C=N–C) groups is 1. The molecule has 9 heteroatoms. The van der Waals surface area contributed by atoms with Crippen molar-refractivity contribution in [3.05, 3.63) is 95.1 Å². The molecule has 8 nitrogen and oxygen atoms in total. The molecular formula is C32H31NO7S. The molecule has 0 aliphatic carbocycles. The third-order valence-electron chi connectivity index (χ3n) is 6.93. The largest absolute Gasteiger partial charge is 0.508 e. The molecule has 3 atom stereocenters. The molecule has 0 bridgehead atoms. The zero-order valence-corrected chi connectivity index (χ0v) is 23.5. The van der Waals surface area contributed by atoms with Crippen LogP contribution >= 0.6 is 11.8 Å². The fraction of sp³-hybridized carbons (Fsp3) is 0.219. The van der Waals surface area contributed by atoms with Gasteiger partial charge in [-0.05, 0) is 46.9 Å². The average molecular weight is 574 g/mol. The van der Waals surface area contributed by atoms with Crippen LogP contribution in [0, 0.1) is 0 Å². The number of rotatable bonds is 5. The van der Waals surface area contributed by atoms with Gasteiger partial charge in [0.2, 0.25) is 0 Å². The lowest BCUT2D eigenvalue weighted by atomic mass is 9.85. The van der Waals surface area contributed by atoms with E-state index in [1.54, 1.807) is 12.3 Å². The number of hydrogen-bond donors (Lipinski definition) is 6. The van der Waals surface area contributed by atoms with Crippen molar-refractivity contribution in [1.82, 2.24) is 0 Å². The van der Waals surface area contributed by atoms with Gasteiger partial charge >= 0.3 is 0 Å². The molecule has 4 aromatic carbocycles. The molecule has 4 aromatic rings. The Balaban J connectivity index is 1.53. The highest BCUT2D eigenvalue weighted by Crippen LogP contribution is 2.55. The van der Waals surface area contributed by atoms with Crippen molar-refractivity contribution in [3.8, 4) is 34.5 Å². The fourth-order valence-electron chi connectivity index (χ4n) is 4.84. The lowest BCUT2D eigenvalue weighted by Crippen LogP contribution is -2.33. The van der Waals surface area contributed by atoms with Gasteiger partial charge in [0.25, 0.3) is 0 Å². The summed E-state index contributed by atoms with van der Waals surface area (Å²) in [4.78, 5) is 5.35. The number of para-hydroxylation sites is 2. The Kier molecular flexibility index (Phi) is 7.50. The molecule has 41 heavy (non-hydrogen) atoms. The second kappa shape index (κ2) is 10.9. The molecule has 1 aliphatic rings. The predicted octanol–water partition coefficient (Wildman–Crippen LogP) is 6.59. The molecule has 0 radical (unpaired) electrons. The van der Waals surface area contributed by atoms with E-state index in [1.165, 1.54) is 42.1 Å². The van der Waals surface area contributed by atoms with Crippen LogP contribution in [0.5, 0.6) is 34.5 Å². The number of aromatic hydroxyl groups is 5. The van der Waals surface area contributed by atoms with Gasteiger partial charge in [-0.3, -0.25) is 4.99 Å². The molecule has 1 heterocycles. The van der Waals surface area contributed by atoms with Crippen LogP contribution in [0.15, 0.2) is 82.7 Å². The van der Waals surface area contributed by atoms with Gasteiger partial charge in [0.1, 0.15) is 29.1 Å². The van der Waals surface area contributed by atoms with E-state index in [0.717, 1.165) is 5.56 Å². The van der Waals surface area contributed by atoms with E-state index in [1.807, 2.05) is 57.2 Å². The van der Waals surface area contributed by atoms with Crippen molar-refractivity contribution in [2.75, 3.05) is 0 Å². The number of nitrogens with zero attached hydrogens (tertiary/aromatic N) is 1. The molecule has 212 valence electrons. The second-order valence-electron chi connectivity index (χ2n) is 10.9. The first-order valence-electron chi connectivity index (χ1n) is 13.0. The van der Waals surface area contributed by atoms with Gasteiger partial charge in [-0.1, -0.05) is 51.1 Å². The Morgan fingerprint density at radius 1 is 0.829 bits per heavy atom. The number of phenolic OH excluding ortho intramolecular Hbond substituents is 5. The van der Waals surface area contributed by atoms with Crippen molar-refractivity contribution in [1.29, 1.82) is 0 Å². The number of phenols is 5. The van der Waals surface area contributed by atoms with Gasteiger partial charge in [-0.15, -0.1) is 11.8 Å². The number of ether oxygens (including phenoxy) is 1. The van der Waals surface area contributed by atoms with E-state index in [9.17, 15) is 30.6 Å². The third kappa shape index (κ3) is 5.64. The van der Waals surface area contributed by atoms with E-state index in [4.69, 9.17) is 4.74 Å². The van der Waals surface area contributed by atoms with Gasteiger partial charge in [0.15, 0.2) is 17.6 Å². The zero-order chi connectivity index (χ0) is 29.5. The van der Waals surface area contributed by atoms with Crippen LogP contribution < -0.4 is 4.74 Å². The van der Waals surface area contributed by atoms with Crippen LogP contribution in [0.3, 0.4) is 0 Å². The minimum atomic E-state index is -1.21. The molecule has 5 rings (SSSR count). The molecule has 0 unspecified atom stereocenters. The maximum atomic E-state index is 11.6. The minimum Gasteiger partial charge on any atom is -0.508 e. The number of hydrogen-bond acceptors (Lipinski definition) is 9. The van der Waals surface area contributed by atoms with E-state index in [2.05, 4.69) is 4.99 Å². The van der Waals surface area contributed by atoms with Crippen LogP contribution in [-0.4, -0.2) is 43.0 Å². The minimum absolute atomic E-state index is 0.160. The summed E-state index contributed by atoms with van der Waals surface area (Å²) in [5.74, 6) is -0.804. The van der Waals surface area contributed by atoms with Gasteiger partial charge in [0.05, 0.1) is 16.5 Å². The monoisotopic (exact) mass is 573 g/mol. The summed E-state index contributed by atoms with van der Waals surface area (Å²) in [6.07, 6.45) is -0.604. The number of aliphatic hydroxyl groups excluding tert-OH is 1. The van der Waals surface area contributed by atoms with E-state index in [-0.39, 0.29) is 39.9 Å². The summed E-state index contributed by atoms with van der Waals surface area (Å²) in [7, 11) is 0. The van der Waals surface area contributed by atoms with Crippen LogP contribution in [-0.2, 0) is 5.41 Å². The maximum absolute atomic E-state index is 11.6. The SMILES string of the molecule is CC(C)(C)c1cccc(/C=N/c2ccccc2S[C@H]2c3c(O)cc(O)cc3O[C@H](c3ccc(O)c(O)c3)[C@@H]2O)c1O. The van der Waals surface area contributed by atoms with Crippen molar-refractivity contribution in [2.45, 2.75) is 48.5 Å². The molecule has 0 saturated carbocycles. The fourth-order valence-corrected chi connectivity index (χ4v) is 6.15. The molecule has 0 fully saturated rings. The Morgan fingerprint density at radius 2 is 1.59 bits per heavy atom. The third-order valence-corrected chi connectivity index (χ3v) is 8.30. The Labute approximate surface area is 241 Å². The van der Waals surface area contributed by atoms with E-state index in [0.29, 0.717) is 27.3 Å². The van der Waals surface area contributed by atoms with Crippen molar-refractivity contribution < 1.29 is 35.4 Å². The molecule has 0 aromatic heterocycles.